The topological polar surface area (TPSA) is 43.1 Å². The highest BCUT2D eigenvalue weighted by Gasteiger charge is 2.28. The van der Waals surface area contributed by atoms with Gasteiger partial charge in [-0.25, -0.2) is 4.39 Å². The SMILES string of the molecule is CC.CC1(F)CCS(=O)CC1.CCCN. The van der Waals surface area contributed by atoms with Gasteiger partial charge in [0.05, 0.1) is 0 Å². The molecule has 4 heteroatoms. The van der Waals surface area contributed by atoms with E-state index in [1.54, 1.807) is 6.92 Å². The van der Waals surface area contributed by atoms with Crippen LogP contribution in [0.4, 0.5) is 4.39 Å². The second-order valence-electron chi connectivity index (χ2n) is 3.55. The molecule has 0 radical (unpaired) electrons. The zero-order chi connectivity index (χ0) is 12.3. The lowest BCUT2D eigenvalue weighted by Crippen LogP contribution is -2.29. The molecule has 0 aromatic carbocycles. The second kappa shape index (κ2) is 10.6. The fraction of sp³-hybridized carbons (Fsp3) is 1.00. The predicted molar refractivity (Wildman–Crippen MR) is 67.3 cm³/mol. The minimum absolute atomic E-state index is 0.472. The quantitative estimate of drug-likeness (QED) is 0.764. The van der Waals surface area contributed by atoms with Crippen LogP contribution in [0.25, 0.3) is 0 Å². The maximum atomic E-state index is 12.9. The Morgan fingerprint density at radius 1 is 1.33 bits per heavy atom. The van der Waals surface area contributed by atoms with Crippen molar-refractivity contribution in [2.45, 2.75) is 52.6 Å². The molecular weight excluding hydrogens is 213 g/mol. The summed E-state index contributed by atoms with van der Waals surface area (Å²) in [6.45, 7) is 8.46. The van der Waals surface area contributed by atoms with Crippen LogP contribution in [0, 0.1) is 0 Å². The average molecular weight is 239 g/mol. The molecule has 15 heavy (non-hydrogen) atoms. The van der Waals surface area contributed by atoms with Crippen LogP contribution in [0.5, 0.6) is 0 Å². The Kier molecular flexibility index (Phi) is 12.3. The van der Waals surface area contributed by atoms with Crippen molar-refractivity contribution in [2.24, 2.45) is 5.73 Å². The summed E-state index contributed by atoms with van der Waals surface area (Å²) in [5.74, 6) is 1.10. The largest absolute Gasteiger partial charge is 0.330 e. The highest BCUT2D eigenvalue weighted by atomic mass is 32.2. The zero-order valence-corrected chi connectivity index (χ0v) is 11.3. The van der Waals surface area contributed by atoms with Gasteiger partial charge in [-0.15, -0.1) is 0 Å². The molecule has 0 amide bonds. The molecule has 1 aliphatic rings. The van der Waals surface area contributed by atoms with E-state index in [0.29, 0.717) is 24.3 Å². The molecular formula is C11H26FNOS. The van der Waals surface area contributed by atoms with Gasteiger partial charge in [-0.05, 0) is 32.7 Å². The molecule has 0 atom stereocenters. The van der Waals surface area contributed by atoms with Gasteiger partial charge >= 0.3 is 0 Å². The van der Waals surface area contributed by atoms with Crippen LogP contribution in [-0.4, -0.2) is 27.9 Å². The van der Waals surface area contributed by atoms with Crippen molar-refractivity contribution in [2.75, 3.05) is 18.1 Å². The minimum Gasteiger partial charge on any atom is -0.330 e. The second-order valence-corrected chi connectivity index (χ2v) is 5.25. The smallest absolute Gasteiger partial charge is 0.110 e. The van der Waals surface area contributed by atoms with E-state index in [1.165, 1.54) is 0 Å². The Bertz CT molecular complexity index is 149. The summed E-state index contributed by atoms with van der Waals surface area (Å²) >= 11 is 0. The summed E-state index contributed by atoms with van der Waals surface area (Å²) < 4.78 is 23.6. The maximum absolute atomic E-state index is 12.9. The highest BCUT2D eigenvalue weighted by molar-refractivity contribution is 7.85. The first-order valence-corrected chi connectivity index (χ1v) is 7.24. The summed E-state index contributed by atoms with van der Waals surface area (Å²) in [6.07, 6.45) is 2.04. The monoisotopic (exact) mass is 239 g/mol. The molecule has 2 nitrogen and oxygen atoms in total. The maximum Gasteiger partial charge on any atom is 0.110 e. The summed E-state index contributed by atoms with van der Waals surface area (Å²) in [5.41, 5.74) is 3.99. The van der Waals surface area contributed by atoms with Gasteiger partial charge in [-0.2, -0.15) is 0 Å². The Hall–Kier alpha value is 0.0400. The third-order valence-corrected chi connectivity index (χ3v) is 3.31. The van der Waals surface area contributed by atoms with Gasteiger partial charge in [0.1, 0.15) is 5.67 Å². The third-order valence-electron chi connectivity index (χ3n) is 1.99. The summed E-state index contributed by atoms with van der Waals surface area (Å²) in [7, 11) is -0.727. The van der Waals surface area contributed by atoms with E-state index in [-0.39, 0.29) is 0 Å². The molecule has 0 saturated carbocycles. The van der Waals surface area contributed by atoms with Crippen molar-refractivity contribution < 1.29 is 8.60 Å². The molecule has 94 valence electrons. The first-order chi connectivity index (χ1) is 7.02. The van der Waals surface area contributed by atoms with Crippen molar-refractivity contribution in [3.05, 3.63) is 0 Å². The lowest BCUT2D eigenvalue weighted by atomic mass is 10.0. The van der Waals surface area contributed by atoms with Crippen LogP contribution in [0.15, 0.2) is 0 Å². The van der Waals surface area contributed by atoms with Crippen LogP contribution >= 0.6 is 0 Å². The van der Waals surface area contributed by atoms with Crippen molar-refractivity contribution in [3.63, 3.8) is 0 Å². The van der Waals surface area contributed by atoms with Gasteiger partial charge in [-0.1, -0.05) is 20.8 Å². The molecule has 1 saturated heterocycles. The van der Waals surface area contributed by atoms with Crippen molar-refractivity contribution in [1.29, 1.82) is 0 Å². The van der Waals surface area contributed by atoms with Gasteiger partial charge in [0.15, 0.2) is 0 Å². The lowest BCUT2D eigenvalue weighted by Gasteiger charge is -2.23. The van der Waals surface area contributed by atoms with E-state index < -0.39 is 16.5 Å². The van der Waals surface area contributed by atoms with Crippen LogP contribution in [-0.2, 0) is 10.8 Å². The lowest BCUT2D eigenvalue weighted by molar-refractivity contribution is 0.174. The van der Waals surface area contributed by atoms with Gasteiger partial charge in [0.2, 0.25) is 0 Å². The molecule has 0 aromatic heterocycles. The number of halogens is 1. The molecule has 1 heterocycles. The van der Waals surface area contributed by atoms with E-state index in [9.17, 15) is 8.60 Å². The number of nitrogens with two attached hydrogens (primary N) is 1. The Balaban J connectivity index is 0. The summed E-state index contributed by atoms with van der Waals surface area (Å²) in [6, 6.07) is 0. The standard InChI is InChI=1S/C6H11FOS.C3H9N.C2H6/c1-6(7)2-4-9(8)5-3-6;1-2-3-4;1-2/h2-5H2,1H3;2-4H2,1H3;1-2H3. The third kappa shape index (κ3) is 12.0. The highest BCUT2D eigenvalue weighted by Crippen LogP contribution is 2.24. The number of hydrogen-bond donors (Lipinski definition) is 1. The Morgan fingerprint density at radius 3 is 1.87 bits per heavy atom. The molecule has 1 aliphatic heterocycles. The van der Waals surface area contributed by atoms with E-state index >= 15 is 0 Å². The molecule has 0 aliphatic carbocycles. The molecule has 1 rings (SSSR count). The van der Waals surface area contributed by atoms with Gasteiger partial charge in [0.25, 0.3) is 0 Å². The van der Waals surface area contributed by atoms with Crippen molar-refractivity contribution in [3.8, 4) is 0 Å². The van der Waals surface area contributed by atoms with Gasteiger partial charge < -0.3 is 5.73 Å². The molecule has 0 aromatic rings. The van der Waals surface area contributed by atoms with Crippen LogP contribution in [0.2, 0.25) is 0 Å². The summed E-state index contributed by atoms with van der Waals surface area (Å²) in [4.78, 5) is 0. The van der Waals surface area contributed by atoms with Gasteiger partial charge in [0, 0.05) is 22.3 Å². The van der Waals surface area contributed by atoms with Crippen LogP contribution < -0.4 is 5.73 Å². The van der Waals surface area contributed by atoms with Crippen LogP contribution in [0.1, 0.15) is 47.0 Å². The number of alkyl halides is 1. The van der Waals surface area contributed by atoms with Gasteiger partial charge in [-0.3, -0.25) is 4.21 Å². The summed E-state index contributed by atoms with van der Waals surface area (Å²) in [5, 5.41) is 0. The molecule has 0 spiro atoms. The van der Waals surface area contributed by atoms with E-state index in [4.69, 9.17) is 5.73 Å². The predicted octanol–water partition coefficient (Wildman–Crippen LogP) is 2.64. The minimum atomic E-state index is -1.03. The fourth-order valence-electron chi connectivity index (χ4n) is 0.880. The first kappa shape index (κ1) is 17.4. The molecule has 0 unspecified atom stereocenters. The molecule has 0 bridgehead atoms. The van der Waals surface area contributed by atoms with E-state index in [1.807, 2.05) is 13.8 Å². The number of rotatable bonds is 1. The van der Waals surface area contributed by atoms with Crippen molar-refractivity contribution >= 4 is 10.8 Å². The molecule has 2 N–H and O–H groups in total. The Morgan fingerprint density at radius 2 is 1.67 bits per heavy atom. The average Bonchev–Trinajstić information content (AvgIpc) is 2.26. The van der Waals surface area contributed by atoms with E-state index in [0.717, 1.165) is 13.0 Å². The van der Waals surface area contributed by atoms with Crippen molar-refractivity contribution in [1.82, 2.24) is 0 Å². The van der Waals surface area contributed by atoms with Crippen LogP contribution in [0.3, 0.4) is 0 Å². The molecule has 1 fully saturated rings. The Labute approximate surface area is 96.3 Å². The van der Waals surface area contributed by atoms with E-state index in [2.05, 4.69) is 6.92 Å². The number of hydrogen-bond acceptors (Lipinski definition) is 2. The first-order valence-electron chi connectivity index (χ1n) is 5.76. The fourth-order valence-corrected chi connectivity index (χ4v) is 2.39. The normalized spacial score (nSPS) is 29.3. The zero-order valence-electron chi connectivity index (χ0n) is 10.5.